The highest BCUT2D eigenvalue weighted by Crippen LogP contribution is 2.13. The Hall–Kier alpha value is -2.46. The van der Waals surface area contributed by atoms with Crippen molar-refractivity contribution in [2.75, 3.05) is 0 Å². The second kappa shape index (κ2) is 8.66. The van der Waals surface area contributed by atoms with Crippen LogP contribution in [-0.2, 0) is 0 Å². The minimum atomic E-state index is 0.721. The van der Waals surface area contributed by atoms with Crippen molar-refractivity contribution in [2.45, 2.75) is 26.2 Å². The molecule has 0 saturated carbocycles. The van der Waals surface area contributed by atoms with Crippen molar-refractivity contribution in [2.24, 2.45) is 0 Å². The summed E-state index contributed by atoms with van der Waals surface area (Å²) in [4.78, 5) is 0. The number of rotatable bonds is 5. The zero-order valence-electron chi connectivity index (χ0n) is 12.4. The molecule has 2 aromatic rings. The molecule has 0 amide bonds. The van der Waals surface area contributed by atoms with Gasteiger partial charge < -0.3 is 4.74 Å². The summed E-state index contributed by atoms with van der Waals surface area (Å²) >= 11 is 0. The summed E-state index contributed by atoms with van der Waals surface area (Å²) in [6, 6.07) is 19.7. The summed E-state index contributed by atoms with van der Waals surface area (Å²) in [5.41, 5.74) is 0.996. The van der Waals surface area contributed by atoms with Crippen LogP contribution in [-0.4, -0.2) is 0 Å². The maximum atomic E-state index is 5.87. The topological polar surface area (TPSA) is 9.23 Å². The van der Waals surface area contributed by atoms with E-state index in [0.717, 1.165) is 29.9 Å². The fourth-order valence-corrected chi connectivity index (χ4v) is 1.83. The Morgan fingerprint density at radius 3 is 2.33 bits per heavy atom. The van der Waals surface area contributed by atoms with E-state index < -0.39 is 0 Å². The largest absolute Gasteiger partial charge is 0.449 e. The number of unbranched alkanes of at least 4 members (excludes halogenated alkanes) is 2. The number of para-hydroxylation sites is 1. The number of hydrogen-bond donors (Lipinski definition) is 0. The minimum Gasteiger partial charge on any atom is -0.449 e. The predicted molar refractivity (Wildman–Crippen MR) is 88.0 cm³/mol. The van der Waals surface area contributed by atoms with E-state index in [9.17, 15) is 0 Å². The second-order valence-electron chi connectivity index (χ2n) is 4.74. The van der Waals surface area contributed by atoms with Gasteiger partial charge in [-0.1, -0.05) is 55.7 Å². The molecule has 2 rings (SSSR count). The molecule has 0 saturated heterocycles. The Kier molecular flexibility index (Phi) is 6.16. The first kappa shape index (κ1) is 14.9. The molecule has 0 N–H and O–H groups in total. The van der Waals surface area contributed by atoms with E-state index in [0.29, 0.717) is 0 Å². The van der Waals surface area contributed by atoms with Gasteiger partial charge >= 0.3 is 0 Å². The summed E-state index contributed by atoms with van der Waals surface area (Å²) in [6.45, 7) is 2.18. The molecular weight excluding hydrogens is 256 g/mol. The number of allylic oxidation sites excluding steroid dienone is 2. The van der Waals surface area contributed by atoms with Crippen molar-refractivity contribution >= 4 is 0 Å². The first-order valence-corrected chi connectivity index (χ1v) is 7.38. The molecule has 0 aliphatic carbocycles. The SMILES string of the molecule is CCCC/C=C(/C#Cc1ccccc1)Oc1ccccc1. The molecular formula is C20H20O. The molecule has 106 valence electrons. The summed E-state index contributed by atoms with van der Waals surface area (Å²) in [5, 5.41) is 0. The highest BCUT2D eigenvalue weighted by Gasteiger charge is 1.97. The van der Waals surface area contributed by atoms with Crippen molar-refractivity contribution in [3.8, 4) is 17.6 Å². The first-order valence-electron chi connectivity index (χ1n) is 7.38. The van der Waals surface area contributed by atoms with E-state index in [1.807, 2.05) is 60.7 Å². The molecule has 2 aromatic carbocycles. The van der Waals surface area contributed by atoms with Gasteiger partial charge in [-0.25, -0.2) is 0 Å². The van der Waals surface area contributed by atoms with Gasteiger partial charge in [-0.3, -0.25) is 0 Å². The zero-order chi connectivity index (χ0) is 14.8. The molecule has 0 spiro atoms. The molecule has 0 aliphatic heterocycles. The lowest BCUT2D eigenvalue weighted by atomic mass is 10.2. The Bertz CT molecular complexity index is 615. The first-order chi connectivity index (χ1) is 10.4. The number of benzene rings is 2. The van der Waals surface area contributed by atoms with Crippen LogP contribution in [0.3, 0.4) is 0 Å². The molecule has 0 aliphatic rings. The van der Waals surface area contributed by atoms with E-state index in [1.54, 1.807) is 0 Å². The molecule has 0 atom stereocenters. The third-order valence-electron chi connectivity index (χ3n) is 2.96. The highest BCUT2D eigenvalue weighted by molar-refractivity contribution is 5.40. The van der Waals surface area contributed by atoms with Gasteiger partial charge in [-0.2, -0.15) is 0 Å². The minimum absolute atomic E-state index is 0.721. The van der Waals surface area contributed by atoms with Crippen LogP contribution in [0.5, 0.6) is 5.75 Å². The quantitative estimate of drug-likeness (QED) is 0.415. The van der Waals surface area contributed by atoms with Crippen LogP contribution in [0.25, 0.3) is 0 Å². The standard InChI is InChI=1S/C20H20O/c1-2-3-6-13-20(21-19-14-9-5-10-15-19)17-16-18-11-7-4-8-12-18/h4-5,7-15H,2-3,6H2,1H3/b20-13-. The van der Waals surface area contributed by atoms with Gasteiger partial charge in [0.05, 0.1) is 0 Å². The van der Waals surface area contributed by atoms with Crippen molar-refractivity contribution < 1.29 is 4.74 Å². The zero-order valence-corrected chi connectivity index (χ0v) is 12.4. The third-order valence-corrected chi connectivity index (χ3v) is 2.96. The lowest BCUT2D eigenvalue weighted by molar-refractivity contribution is 0.446. The molecule has 21 heavy (non-hydrogen) atoms. The molecule has 0 radical (unpaired) electrons. The Balaban J connectivity index is 2.13. The highest BCUT2D eigenvalue weighted by atomic mass is 16.5. The summed E-state index contributed by atoms with van der Waals surface area (Å²) < 4.78 is 5.87. The van der Waals surface area contributed by atoms with Gasteiger partial charge in [0.1, 0.15) is 5.75 Å². The van der Waals surface area contributed by atoms with Crippen molar-refractivity contribution in [3.63, 3.8) is 0 Å². The Labute approximate surface area is 127 Å². The molecule has 0 aromatic heterocycles. The average molecular weight is 276 g/mol. The summed E-state index contributed by atoms with van der Waals surface area (Å²) in [6.07, 6.45) is 5.38. The average Bonchev–Trinajstić information content (AvgIpc) is 2.54. The monoisotopic (exact) mass is 276 g/mol. The van der Waals surface area contributed by atoms with E-state index in [-0.39, 0.29) is 0 Å². The number of hydrogen-bond acceptors (Lipinski definition) is 1. The lowest BCUT2D eigenvalue weighted by Gasteiger charge is -2.04. The van der Waals surface area contributed by atoms with Gasteiger partial charge in [-0.05, 0) is 49.1 Å². The van der Waals surface area contributed by atoms with E-state index >= 15 is 0 Å². The lowest BCUT2D eigenvalue weighted by Crippen LogP contribution is -1.93. The van der Waals surface area contributed by atoms with Crippen molar-refractivity contribution in [1.29, 1.82) is 0 Å². The molecule has 1 heteroatoms. The fourth-order valence-electron chi connectivity index (χ4n) is 1.83. The van der Waals surface area contributed by atoms with Gasteiger partial charge in [0, 0.05) is 5.56 Å². The normalized spacial score (nSPS) is 10.6. The summed E-state index contributed by atoms with van der Waals surface area (Å²) in [5.74, 6) is 7.82. The fraction of sp³-hybridized carbons (Fsp3) is 0.200. The third kappa shape index (κ3) is 5.58. The van der Waals surface area contributed by atoms with Crippen LogP contribution in [0, 0.1) is 11.8 Å². The van der Waals surface area contributed by atoms with Crippen LogP contribution < -0.4 is 4.74 Å². The van der Waals surface area contributed by atoms with Crippen molar-refractivity contribution in [1.82, 2.24) is 0 Å². The van der Waals surface area contributed by atoms with Gasteiger partial charge in [0.2, 0.25) is 0 Å². The molecule has 0 unspecified atom stereocenters. The maximum Gasteiger partial charge on any atom is 0.173 e. The molecule has 0 bridgehead atoms. The van der Waals surface area contributed by atoms with E-state index in [1.165, 1.54) is 6.42 Å². The van der Waals surface area contributed by atoms with Crippen LogP contribution in [0.2, 0.25) is 0 Å². The predicted octanol–water partition coefficient (Wildman–Crippen LogP) is 5.19. The van der Waals surface area contributed by atoms with E-state index in [4.69, 9.17) is 4.74 Å². The molecule has 0 heterocycles. The summed E-state index contributed by atoms with van der Waals surface area (Å²) in [7, 11) is 0. The number of ether oxygens (including phenoxy) is 1. The molecule has 1 nitrogen and oxygen atoms in total. The second-order valence-corrected chi connectivity index (χ2v) is 4.74. The van der Waals surface area contributed by atoms with E-state index in [2.05, 4.69) is 24.8 Å². The van der Waals surface area contributed by atoms with Gasteiger partial charge in [0.25, 0.3) is 0 Å². The van der Waals surface area contributed by atoms with Crippen molar-refractivity contribution in [3.05, 3.63) is 78.1 Å². The maximum absolute atomic E-state index is 5.87. The van der Waals surface area contributed by atoms with Crippen LogP contribution in [0.1, 0.15) is 31.7 Å². The Morgan fingerprint density at radius 1 is 1.00 bits per heavy atom. The van der Waals surface area contributed by atoms with Gasteiger partial charge in [0.15, 0.2) is 5.76 Å². The Morgan fingerprint density at radius 2 is 1.67 bits per heavy atom. The van der Waals surface area contributed by atoms with Gasteiger partial charge in [-0.15, -0.1) is 0 Å². The van der Waals surface area contributed by atoms with Crippen LogP contribution >= 0.6 is 0 Å². The van der Waals surface area contributed by atoms with Crippen LogP contribution in [0.4, 0.5) is 0 Å². The smallest absolute Gasteiger partial charge is 0.173 e. The van der Waals surface area contributed by atoms with Crippen LogP contribution in [0.15, 0.2) is 72.5 Å². The molecule has 0 fully saturated rings.